The second-order valence-electron chi connectivity index (χ2n) is 11.8. The highest BCUT2D eigenvalue weighted by molar-refractivity contribution is 5.99. The zero-order valence-corrected chi connectivity index (χ0v) is 27.4. The van der Waals surface area contributed by atoms with E-state index in [1.54, 1.807) is 42.8 Å². The van der Waals surface area contributed by atoms with Gasteiger partial charge in [-0.25, -0.2) is 28.0 Å². The summed E-state index contributed by atoms with van der Waals surface area (Å²) in [6.07, 6.45) is 5.30. The van der Waals surface area contributed by atoms with Crippen molar-refractivity contribution in [3.05, 3.63) is 123 Å². The molecule has 1 aliphatic carbocycles. The Morgan fingerprint density at radius 3 is 2.30 bits per heavy atom. The third kappa shape index (κ3) is 6.81. The van der Waals surface area contributed by atoms with Crippen LogP contribution in [0.15, 0.2) is 83.8 Å². The van der Waals surface area contributed by atoms with Gasteiger partial charge >= 0.3 is 23.7 Å². The highest BCUT2D eigenvalue weighted by Gasteiger charge is 2.32. The molecule has 0 saturated heterocycles. The van der Waals surface area contributed by atoms with Crippen LogP contribution in [0.25, 0.3) is 11.4 Å². The number of hydrogen-bond acceptors (Lipinski definition) is 8. The fraction of sp³-hybridized carbons (Fsp3) is 0.278. The lowest BCUT2D eigenvalue weighted by Gasteiger charge is -2.34. The van der Waals surface area contributed by atoms with E-state index in [0.717, 1.165) is 43.0 Å². The first kappa shape index (κ1) is 34.0. The van der Waals surface area contributed by atoms with Crippen molar-refractivity contribution in [3.63, 3.8) is 0 Å². The first-order valence-electron chi connectivity index (χ1n) is 16.2. The summed E-state index contributed by atoms with van der Waals surface area (Å²) in [6, 6.07) is 17.2. The fourth-order valence-corrected chi connectivity index (χ4v) is 6.12. The molecule has 0 bridgehead atoms. The second kappa shape index (κ2) is 14.7. The molecule has 0 radical (unpaired) electrons. The van der Waals surface area contributed by atoms with Crippen molar-refractivity contribution in [2.45, 2.75) is 58.6 Å². The van der Waals surface area contributed by atoms with E-state index in [-0.39, 0.29) is 30.0 Å². The minimum absolute atomic E-state index is 0.0293. The number of aryl methyl sites for hydroxylation is 1. The lowest BCUT2D eigenvalue weighted by atomic mass is 9.93. The van der Waals surface area contributed by atoms with Gasteiger partial charge in [-0.2, -0.15) is 4.68 Å². The number of rotatable bonds is 9. The molecule has 0 unspecified atom stereocenters. The number of carbonyl (C=O) groups is 3. The van der Waals surface area contributed by atoms with E-state index in [2.05, 4.69) is 10.4 Å². The number of nitrogens with zero attached hydrogens (tertiary/aromatic N) is 6. The molecule has 258 valence electrons. The van der Waals surface area contributed by atoms with Gasteiger partial charge in [0.25, 0.3) is 0 Å². The molecule has 1 saturated carbocycles. The average Bonchev–Trinajstić information content (AvgIpc) is 3.70. The molecule has 0 spiro atoms. The van der Waals surface area contributed by atoms with Gasteiger partial charge in [0.15, 0.2) is 11.6 Å². The molecule has 1 amide bonds. The standard InChI is InChI=1S/C36H34F2N6O6/c1-3-49-33(45)25-19-23(2)41(21-25)31-18-17-27(20-28(31)34(46)50-22-24-11-6-4-7-12-24)42(26-13-8-5-9-14-26)35(47)44-36(48)43(39-40-44)32-29(37)15-10-16-30(32)38/h4,6-7,10-12,15-21,26H,3,5,8-9,13-14,22H2,1-2H3. The normalized spacial score (nSPS) is 13.2. The van der Waals surface area contributed by atoms with Crippen molar-refractivity contribution in [2.24, 2.45) is 0 Å². The molecule has 14 heteroatoms. The van der Waals surface area contributed by atoms with Gasteiger partial charge in [-0.05, 0) is 79.1 Å². The van der Waals surface area contributed by atoms with E-state index < -0.39 is 47.0 Å². The SMILES string of the molecule is CCOC(=O)c1cc(C)n(-c2ccc(N(C(=O)n3nnn(-c4c(F)cccc4F)c3=O)C3CCCCC3)cc2C(=O)OCc2ccccc2)c1. The van der Waals surface area contributed by atoms with Crippen molar-refractivity contribution in [1.82, 2.24) is 24.4 Å². The van der Waals surface area contributed by atoms with Gasteiger partial charge in [-0.3, -0.25) is 4.90 Å². The maximum atomic E-state index is 14.6. The smallest absolute Gasteiger partial charge is 0.377 e. The monoisotopic (exact) mass is 684 g/mol. The van der Waals surface area contributed by atoms with Gasteiger partial charge in [-0.1, -0.05) is 55.7 Å². The fourth-order valence-electron chi connectivity index (χ4n) is 6.12. The summed E-state index contributed by atoms with van der Waals surface area (Å²) in [7, 11) is 0. The largest absolute Gasteiger partial charge is 0.462 e. The summed E-state index contributed by atoms with van der Waals surface area (Å²) in [5, 5.41) is 7.32. The molecule has 1 fully saturated rings. The molecule has 12 nitrogen and oxygen atoms in total. The Bertz CT molecular complexity index is 2080. The Morgan fingerprint density at radius 2 is 1.60 bits per heavy atom. The van der Waals surface area contributed by atoms with Crippen LogP contribution in [-0.2, 0) is 16.1 Å². The van der Waals surface area contributed by atoms with E-state index in [0.29, 0.717) is 33.6 Å². The van der Waals surface area contributed by atoms with Crippen molar-refractivity contribution < 1.29 is 32.6 Å². The van der Waals surface area contributed by atoms with Gasteiger partial charge in [0, 0.05) is 23.6 Å². The predicted octanol–water partition coefficient (Wildman–Crippen LogP) is 6.15. The Balaban J connectivity index is 1.44. The summed E-state index contributed by atoms with van der Waals surface area (Å²) in [6.45, 7) is 3.62. The van der Waals surface area contributed by atoms with Crippen LogP contribution in [0.2, 0.25) is 0 Å². The number of hydrogen-bond donors (Lipinski definition) is 0. The van der Waals surface area contributed by atoms with Crippen LogP contribution in [0, 0.1) is 18.6 Å². The summed E-state index contributed by atoms with van der Waals surface area (Å²) < 4.78 is 42.6. The van der Waals surface area contributed by atoms with Crippen LogP contribution in [-0.4, -0.2) is 55.0 Å². The zero-order chi connectivity index (χ0) is 35.4. The van der Waals surface area contributed by atoms with E-state index in [1.165, 1.54) is 11.0 Å². The first-order chi connectivity index (χ1) is 24.2. The molecule has 0 aliphatic heterocycles. The zero-order valence-electron chi connectivity index (χ0n) is 27.4. The maximum Gasteiger partial charge on any atom is 0.377 e. The van der Waals surface area contributed by atoms with Crippen molar-refractivity contribution in [2.75, 3.05) is 11.5 Å². The summed E-state index contributed by atoms with van der Waals surface area (Å²) in [4.78, 5) is 55.4. The number of aromatic nitrogens is 5. The van der Waals surface area contributed by atoms with E-state index in [4.69, 9.17) is 9.47 Å². The summed E-state index contributed by atoms with van der Waals surface area (Å²) in [5.74, 6) is -3.35. The van der Waals surface area contributed by atoms with E-state index >= 15 is 0 Å². The molecule has 1 aliphatic rings. The van der Waals surface area contributed by atoms with Gasteiger partial charge in [0.1, 0.15) is 12.3 Å². The van der Waals surface area contributed by atoms with Gasteiger partial charge in [0.2, 0.25) is 0 Å². The topological polar surface area (TPSA) is 131 Å². The van der Waals surface area contributed by atoms with Crippen LogP contribution in [0.5, 0.6) is 0 Å². The van der Waals surface area contributed by atoms with Crippen LogP contribution in [0.4, 0.5) is 19.3 Å². The Hall–Kier alpha value is -5.92. The molecule has 5 aromatic rings. The first-order valence-corrected chi connectivity index (χ1v) is 16.2. The molecule has 2 heterocycles. The second-order valence-corrected chi connectivity index (χ2v) is 11.8. The van der Waals surface area contributed by atoms with E-state index in [9.17, 15) is 28.0 Å². The van der Waals surface area contributed by atoms with E-state index in [1.807, 2.05) is 30.3 Å². The molecule has 50 heavy (non-hydrogen) atoms. The Morgan fingerprint density at radius 1 is 0.880 bits per heavy atom. The number of carbonyl (C=O) groups excluding carboxylic acids is 3. The number of halogens is 2. The number of esters is 2. The highest BCUT2D eigenvalue weighted by atomic mass is 19.1. The minimum Gasteiger partial charge on any atom is -0.462 e. The number of tetrazole rings is 1. The number of benzene rings is 3. The van der Waals surface area contributed by atoms with Gasteiger partial charge in [0.05, 0.1) is 23.4 Å². The molecule has 2 aromatic heterocycles. The number of anilines is 1. The Labute approximate surface area is 285 Å². The number of amides is 1. The lowest BCUT2D eigenvalue weighted by molar-refractivity contribution is 0.0471. The molecular formula is C36H34F2N6O6. The van der Waals surface area contributed by atoms with Crippen molar-refractivity contribution in [3.8, 4) is 11.4 Å². The van der Waals surface area contributed by atoms with Crippen LogP contribution >= 0.6 is 0 Å². The quantitative estimate of drug-likeness (QED) is 0.134. The Kier molecular flexibility index (Phi) is 9.97. The summed E-state index contributed by atoms with van der Waals surface area (Å²) in [5.41, 5.74) is 0.427. The predicted molar refractivity (Wildman–Crippen MR) is 178 cm³/mol. The molecule has 3 aromatic carbocycles. The van der Waals surface area contributed by atoms with Crippen molar-refractivity contribution in [1.29, 1.82) is 0 Å². The third-order valence-electron chi connectivity index (χ3n) is 8.53. The number of ether oxygens (including phenoxy) is 2. The highest BCUT2D eigenvalue weighted by Crippen LogP contribution is 2.32. The molecule has 6 rings (SSSR count). The molecular weight excluding hydrogens is 650 g/mol. The van der Waals surface area contributed by atoms with Crippen LogP contribution in [0.1, 0.15) is 71.0 Å². The van der Waals surface area contributed by atoms with Crippen molar-refractivity contribution >= 4 is 23.7 Å². The molecule has 0 N–H and O–H groups in total. The minimum atomic E-state index is -1.17. The molecule has 0 atom stereocenters. The van der Waals surface area contributed by atoms with Crippen LogP contribution in [0.3, 0.4) is 0 Å². The lowest BCUT2D eigenvalue weighted by Crippen LogP contribution is -2.47. The summed E-state index contributed by atoms with van der Waals surface area (Å²) >= 11 is 0. The van der Waals surface area contributed by atoms with Gasteiger partial charge < -0.3 is 14.0 Å². The maximum absolute atomic E-state index is 14.6. The number of para-hydroxylation sites is 1. The van der Waals surface area contributed by atoms with Gasteiger partial charge in [-0.15, -0.1) is 4.68 Å². The third-order valence-corrected chi connectivity index (χ3v) is 8.53. The average molecular weight is 685 g/mol. The van der Waals surface area contributed by atoms with Crippen LogP contribution < -0.4 is 10.6 Å².